The van der Waals surface area contributed by atoms with Crippen LogP contribution < -0.4 is 10.1 Å². The average molecular weight is 219 g/mol. The molecule has 1 aliphatic heterocycles. The highest BCUT2D eigenvalue weighted by atomic mass is 16.5. The van der Waals surface area contributed by atoms with Crippen molar-refractivity contribution in [1.82, 2.24) is 15.3 Å². The van der Waals surface area contributed by atoms with Gasteiger partial charge >= 0.3 is 0 Å². The maximum Gasteiger partial charge on any atom is 0.216 e. The summed E-state index contributed by atoms with van der Waals surface area (Å²) in [4.78, 5) is 8.02. The number of hydrogen-bond donors (Lipinski definition) is 1. The van der Waals surface area contributed by atoms with Gasteiger partial charge < -0.3 is 10.1 Å². The van der Waals surface area contributed by atoms with E-state index in [-0.39, 0.29) is 0 Å². The molecule has 16 heavy (non-hydrogen) atoms. The lowest BCUT2D eigenvalue weighted by atomic mass is 9.77. The van der Waals surface area contributed by atoms with E-state index in [2.05, 4.69) is 15.3 Å². The summed E-state index contributed by atoms with van der Waals surface area (Å²) < 4.78 is 5.95. The Bertz CT molecular complexity index is 343. The highest BCUT2D eigenvalue weighted by molar-refractivity contribution is 5.06. The first-order valence-corrected chi connectivity index (χ1v) is 6.05. The molecule has 2 fully saturated rings. The molecule has 1 aliphatic carbocycles. The van der Waals surface area contributed by atoms with Crippen molar-refractivity contribution in [3.63, 3.8) is 0 Å². The Morgan fingerprint density at radius 3 is 3.19 bits per heavy atom. The fourth-order valence-electron chi connectivity index (χ4n) is 2.86. The topological polar surface area (TPSA) is 47.0 Å². The van der Waals surface area contributed by atoms with Crippen LogP contribution in [-0.2, 0) is 0 Å². The van der Waals surface area contributed by atoms with E-state index in [1.165, 1.54) is 25.8 Å². The van der Waals surface area contributed by atoms with E-state index in [0.717, 1.165) is 12.5 Å². The van der Waals surface area contributed by atoms with Crippen LogP contribution in [0.25, 0.3) is 0 Å². The van der Waals surface area contributed by atoms with Gasteiger partial charge in [-0.25, -0.2) is 9.97 Å². The van der Waals surface area contributed by atoms with Gasteiger partial charge in [0.25, 0.3) is 0 Å². The second-order valence-electron chi connectivity index (χ2n) is 4.80. The second kappa shape index (κ2) is 4.37. The Hall–Kier alpha value is -1.16. The van der Waals surface area contributed by atoms with Gasteiger partial charge in [0.1, 0.15) is 12.4 Å². The van der Waals surface area contributed by atoms with Gasteiger partial charge in [0, 0.05) is 24.7 Å². The minimum absolute atomic E-state index is 0.332. The van der Waals surface area contributed by atoms with Gasteiger partial charge in [-0.3, -0.25) is 0 Å². The lowest BCUT2D eigenvalue weighted by Gasteiger charge is -2.40. The number of aromatic nitrogens is 2. The lowest BCUT2D eigenvalue weighted by molar-refractivity contribution is 0.0464. The largest absolute Gasteiger partial charge is 0.474 e. The molecule has 1 N–H and O–H groups in total. The van der Waals surface area contributed by atoms with Crippen LogP contribution in [-0.4, -0.2) is 29.2 Å². The molecule has 3 rings (SSSR count). The summed E-state index contributed by atoms with van der Waals surface area (Å²) in [5, 5.41) is 3.49. The molecular weight excluding hydrogens is 202 g/mol. The van der Waals surface area contributed by atoms with Crippen molar-refractivity contribution in [2.45, 2.75) is 25.4 Å². The maximum atomic E-state index is 5.95. The minimum atomic E-state index is 0.332. The van der Waals surface area contributed by atoms with Crippen molar-refractivity contribution < 1.29 is 4.74 Å². The molecule has 86 valence electrons. The molecule has 2 heterocycles. The molecule has 4 nitrogen and oxygen atoms in total. The van der Waals surface area contributed by atoms with Crippen molar-refractivity contribution in [1.29, 1.82) is 0 Å². The van der Waals surface area contributed by atoms with Crippen LogP contribution in [0.4, 0.5) is 0 Å². The molecule has 2 bridgehead atoms. The molecule has 0 spiro atoms. The predicted molar refractivity (Wildman–Crippen MR) is 60.1 cm³/mol. The first-order chi connectivity index (χ1) is 7.92. The fourth-order valence-corrected chi connectivity index (χ4v) is 2.86. The third kappa shape index (κ3) is 2.02. The number of rotatable bonds is 2. The molecule has 3 unspecified atom stereocenters. The highest BCUT2D eigenvalue weighted by Crippen LogP contribution is 2.33. The number of nitrogens with one attached hydrogen (secondary N) is 1. The summed E-state index contributed by atoms with van der Waals surface area (Å²) >= 11 is 0. The number of hydrogen-bond acceptors (Lipinski definition) is 4. The lowest BCUT2D eigenvalue weighted by Crippen LogP contribution is -2.47. The Balaban J connectivity index is 1.66. The quantitative estimate of drug-likeness (QED) is 0.813. The molecule has 3 atom stereocenters. The van der Waals surface area contributed by atoms with Gasteiger partial charge in [-0.2, -0.15) is 0 Å². The zero-order valence-corrected chi connectivity index (χ0v) is 9.30. The van der Waals surface area contributed by atoms with E-state index in [4.69, 9.17) is 4.74 Å². The molecule has 2 aliphatic rings. The summed E-state index contributed by atoms with van der Waals surface area (Å²) in [6.07, 6.45) is 7.36. The Morgan fingerprint density at radius 2 is 2.31 bits per heavy atom. The zero-order chi connectivity index (χ0) is 10.8. The Labute approximate surface area is 95.4 Å². The molecule has 0 amide bonds. The molecular formula is C12H17N3O. The number of piperidine rings is 1. The standard InChI is InChI=1S/C12H17N3O/c1-2-11(10-5-9(1)6-14-7-10)16-12-3-4-13-8-15-12/h3-4,8-11,14H,1-2,5-7H2. The first kappa shape index (κ1) is 10.0. The number of nitrogens with zero attached hydrogens (tertiary/aromatic N) is 2. The van der Waals surface area contributed by atoms with Crippen LogP contribution in [0.5, 0.6) is 5.88 Å². The molecule has 1 saturated heterocycles. The predicted octanol–water partition coefficient (Wildman–Crippen LogP) is 1.24. The molecule has 1 aromatic rings. The molecule has 1 saturated carbocycles. The van der Waals surface area contributed by atoms with Crippen molar-refractivity contribution in [2.24, 2.45) is 11.8 Å². The maximum absolute atomic E-state index is 5.95. The van der Waals surface area contributed by atoms with E-state index >= 15 is 0 Å². The van der Waals surface area contributed by atoms with E-state index in [1.807, 2.05) is 6.07 Å². The smallest absolute Gasteiger partial charge is 0.216 e. The minimum Gasteiger partial charge on any atom is -0.474 e. The van der Waals surface area contributed by atoms with Crippen molar-refractivity contribution in [3.05, 3.63) is 18.6 Å². The van der Waals surface area contributed by atoms with Gasteiger partial charge in [-0.15, -0.1) is 0 Å². The van der Waals surface area contributed by atoms with Crippen molar-refractivity contribution in [3.8, 4) is 5.88 Å². The van der Waals surface area contributed by atoms with Gasteiger partial charge in [0.15, 0.2) is 0 Å². The van der Waals surface area contributed by atoms with Crippen molar-refractivity contribution >= 4 is 0 Å². The van der Waals surface area contributed by atoms with E-state index < -0.39 is 0 Å². The van der Waals surface area contributed by atoms with Crippen molar-refractivity contribution in [2.75, 3.05) is 13.1 Å². The molecule has 0 aromatic carbocycles. The Kier molecular flexibility index (Phi) is 2.74. The Morgan fingerprint density at radius 1 is 1.31 bits per heavy atom. The molecule has 4 heteroatoms. The summed E-state index contributed by atoms with van der Waals surface area (Å²) in [5.41, 5.74) is 0. The van der Waals surface area contributed by atoms with Crippen LogP contribution in [0.1, 0.15) is 19.3 Å². The van der Waals surface area contributed by atoms with Crippen LogP contribution in [0, 0.1) is 11.8 Å². The van der Waals surface area contributed by atoms with Gasteiger partial charge in [0.05, 0.1) is 0 Å². The molecule has 1 aromatic heterocycles. The van der Waals surface area contributed by atoms with E-state index in [0.29, 0.717) is 17.9 Å². The summed E-state index contributed by atoms with van der Waals surface area (Å²) in [7, 11) is 0. The SMILES string of the molecule is c1cc(OC2CCC3CNCC2C3)ncn1. The zero-order valence-electron chi connectivity index (χ0n) is 9.30. The molecule has 0 radical (unpaired) electrons. The monoisotopic (exact) mass is 219 g/mol. The third-order valence-electron chi connectivity index (χ3n) is 3.69. The summed E-state index contributed by atoms with van der Waals surface area (Å²) in [6.45, 7) is 2.28. The normalized spacial score (nSPS) is 33.4. The van der Waals surface area contributed by atoms with Crippen LogP contribution in [0.3, 0.4) is 0 Å². The first-order valence-electron chi connectivity index (χ1n) is 6.05. The summed E-state index contributed by atoms with van der Waals surface area (Å²) in [6, 6.07) is 1.84. The van der Waals surface area contributed by atoms with Gasteiger partial charge in [-0.1, -0.05) is 0 Å². The highest BCUT2D eigenvalue weighted by Gasteiger charge is 2.34. The van der Waals surface area contributed by atoms with Crippen LogP contribution >= 0.6 is 0 Å². The summed E-state index contributed by atoms with van der Waals surface area (Å²) in [5.74, 6) is 2.23. The van der Waals surface area contributed by atoms with Gasteiger partial charge in [0.2, 0.25) is 5.88 Å². The average Bonchev–Trinajstić information content (AvgIpc) is 2.35. The van der Waals surface area contributed by atoms with E-state index in [9.17, 15) is 0 Å². The third-order valence-corrected chi connectivity index (χ3v) is 3.69. The number of fused-ring (bicyclic) bond motifs is 2. The van der Waals surface area contributed by atoms with Gasteiger partial charge in [-0.05, 0) is 31.7 Å². The second-order valence-corrected chi connectivity index (χ2v) is 4.80. The van der Waals surface area contributed by atoms with Crippen LogP contribution in [0.15, 0.2) is 18.6 Å². The van der Waals surface area contributed by atoms with Crippen LogP contribution in [0.2, 0.25) is 0 Å². The fraction of sp³-hybridized carbons (Fsp3) is 0.667. The number of ether oxygens (including phenoxy) is 1. The van der Waals surface area contributed by atoms with E-state index in [1.54, 1.807) is 12.5 Å².